The van der Waals surface area contributed by atoms with E-state index >= 15 is 0 Å². The molecule has 1 saturated carbocycles. The number of methoxy groups -OCH3 is 3. The van der Waals surface area contributed by atoms with E-state index in [0.717, 1.165) is 44.1 Å². The van der Waals surface area contributed by atoms with Crippen molar-refractivity contribution in [1.29, 1.82) is 0 Å². The number of hydrogen-bond donors (Lipinski definition) is 3. The van der Waals surface area contributed by atoms with E-state index in [2.05, 4.69) is 10.6 Å². The zero-order valence-corrected chi connectivity index (χ0v) is 38.8. The molecule has 1 aromatic carbocycles. The third kappa shape index (κ3) is 12.3. The van der Waals surface area contributed by atoms with Crippen molar-refractivity contribution in [3.8, 4) is 0 Å². The van der Waals surface area contributed by atoms with Crippen LogP contribution in [0.3, 0.4) is 0 Å². The SMILES string of the molecule is CCC(C)C(C(CC(=O)N1CCC[C@H]1C(OC)C(C)C(=O)NC(Cc1ccccc1)C(=O)OC)OC)N(C)C(=O)C(NC(=O)[C@@H]1[C@H]2CC[C@H](C2)N1C(=O)CCCCCN)C(C)C. The zero-order valence-electron chi connectivity index (χ0n) is 38.8. The number of amides is 5. The van der Waals surface area contributed by atoms with Crippen molar-refractivity contribution < 1.29 is 43.0 Å². The quantitative estimate of drug-likeness (QED) is 0.102. The molecule has 0 spiro atoms. The third-order valence-electron chi connectivity index (χ3n) is 13.8. The van der Waals surface area contributed by atoms with Gasteiger partial charge in [0, 0.05) is 46.7 Å². The fourth-order valence-electron chi connectivity index (χ4n) is 10.2. The van der Waals surface area contributed by atoms with Crippen LogP contribution < -0.4 is 16.4 Å². The summed E-state index contributed by atoms with van der Waals surface area (Å²) in [5.74, 6) is -2.71. The molecule has 0 aromatic heterocycles. The molecule has 15 nitrogen and oxygen atoms in total. The molecular formula is C47H76N6O9. The Morgan fingerprint density at radius 3 is 2.23 bits per heavy atom. The molecule has 2 bridgehead atoms. The number of likely N-dealkylation sites (N-methyl/N-ethyl adjacent to an activating group) is 1. The standard InChI is InChI=1S/C47H76N6O9/c1-10-30(4)41(51(6)46(58)40(29(2)3)50-45(57)42-33-22-23-34(27-33)53(42)38(54)21-15-12-16-24-48)37(60-7)28-39(55)52-25-17-20-36(52)43(61-8)31(5)44(56)49-35(47(59)62-9)26-32-18-13-11-14-19-32/h11,13-14,18-19,29-31,33-37,40-43H,10,12,15-17,20-28,48H2,1-9H3,(H,49,56)(H,50,57)/t30?,31?,33-,34+,35?,36-,37?,40?,41?,42-,43?/m0/s1. The molecule has 348 valence electrons. The van der Waals surface area contributed by atoms with Crippen LogP contribution in [-0.4, -0.2) is 140 Å². The second-order valence-electron chi connectivity index (χ2n) is 18.2. The Hall–Kier alpha value is -4.08. The topological polar surface area (TPSA) is 190 Å². The van der Waals surface area contributed by atoms with Crippen molar-refractivity contribution in [3.05, 3.63) is 35.9 Å². The van der Waals surface area contributed by atoms with Crippen molar-refractivity contribution in [3.63, 3.8) is 0 Å². The molecule has 5 amide bonds. The van der Waals surface area contributed by atoms with Gasteiger partial charge in [0.15, 0.2) is 0 Å². The van der Waals surface area contributed by atoms with E-state index in [-0.39, 0.29) is 66.2 Å². The number of esters is 1. The van der Waals surface area contributed by atoms with Crippen LogP contribution in [0.4, 0.5) is 0 Å². The van der Waals surface area contributed by atoms with E-state index in [1.165, 1.54) is 14.2 Å². The summed E-state index contributed by atoms with van der Waals surface area (Å²) in [6.45, 7) is 10.6. The minimum Gasteiger partial charge on any atom is -0.467 e. The van der Waals surface area contributed by atoms with Crippen LogP contribution in [0.2, 0.25) is 0 Å². The third-order valence-corrected chi connectivity index (χ3v) is 13.8. The van der Waals surface area contributed by atoms with Crippen molar-refractivity contribution in [1.82, 2.24) is 25.3 Å². The highest BCUT2D eigenvalue weighted by molar-refractivity contribution is 5.93. The second kappa shape index (κ2) is 24.1. The maximum Gasteiger partial charge on any atom is 0.328 e. The lowest BCUT2D eigenvalue weighted by Gasteiger charge is -2.41. The minimum atomic E-state index is -0.905. The van der Waals surface area contributed by atoms with E-state index in [9.17, 15) is 28.8 Å². The summed E-state index contributed by atoms with van der Waals surface area (Å²) in [5.41, 5.74) is 6.52. The summed E-state index contributed by atoms with van der Waals surface area (Å²) in [6, 6.07) is 6.11. The molecule has 3 aliphatic rings. The number of rotatable bonds is 24. The van der Waals surface area contributed by atoms with Gasteiger partial charge in [-0.2, -0.15) is 0 Å². The van der Waals surface area contributed by atoms with Gasteiger partial charge >= 0.3 is 5.97 Å². The van der Waals surface area contributed by atoms with Gasteiger partial charge in [-0.1, -0.05) is 77.8 Å². The fourth-order valence-corrected chi connectivity index (χ4v) is 10.2. The summed E-state index contributed by atoms with van der Waals surface area (Å²) in [7, 11) is 6.07. The zero-order chi connectivity index (χ0) is 45.7. The molecule has 1 aromatic rings. The van der Waals surface area contributed by atoms with Crippen LogP contribution in [0.5, 0.6) is 0 Å². The molecule has 2 aliphatic heterocycles. The number of nitrogens with zero attached hydrogens (tertiary/aromatic N) is 3. The first-order chi connectivity index (χ1) is 29.6. The maximum atomic E-state index is 14.6. The van der Waals surface area contributed by atoms with Crippen LogP contribution in [0.15, 0.2) is 30.3 Å². The molecule has 11 atom stereocenters. The van der Waals surface area contributed by atoms with Crippen molar-refractivity contribution in [2.75, 3.05) is 41.5 Å². The molecule has 2 saturated heterocycles. The Labute approximate surface area is 369 Å². The maximum absolute atomic E-state index is 14.6. The van der Waals surface area contributed by atoms with E-state index in [0.29, 0.717) is 38.8 Å². The molecule has 3 fully saturated rings. The van der Waals surface area contributed by atoms with Gasteiger partial charge in [0.2, 0.25) is 29.5 Å². The fraction of sp³-hybridized carbons (Fsp3) is 0.745. The Morgan fingerprint density at radius 1 is 0.903 bits per heavy atom. The van der Waals surface area contributed by atoms with Gasteiger partial charge in [0.1, 0.15) is 18.1 Å². The Balaban J connectivity index is 1.47. The van der Waals surface area contributed by atoms with Crippen LogP contribution in [0.1, 0.15) is 111 Å². The van der Waals surface area contributed by atoms with E-state index in [4.69, 9.17) is 19.9 Å². The first kappa shape index (κ1) is 50.6. The highest BCUT2D eigenvalue weighted by atomic mass is 16.5. The molecule has 2 heterocycles. The predicted octanol–water partition coefficient (Wildman–Crippen LogP) is 3.85. The molecule has 7 unspecified atom stereocenters. The second-order valence-corrected chi connectivity index (χ2v) is 18.2. The lowest BCUT2D eigenvalue weighted by Crippen LogP contribution is -2.60. The molecule has 4 N–H and O–H groups in total. The molecule has 4 rings (SSSR count). The number of nitrogens with two attached hydrogens (primary N) is 1. The highest BCUT2D eigenvalue weighted by Crippen LogP contribution is 2.43. The van der Waals surface area contributed by atoms with Crippen molar-refractivity contribution >= 4 is 35.5 Å². The molecular weight excluding hydrogens is 793 g/mol. The van der Waals surface area contributed by atoms with Crippen LogP contribution in [-0.2, 0) is 49.4 Å². The van der Waals surface area contributed by atoms with Gasteiger partial charge < -0.3 is 45.3 Å². The number of piperidine rings is 1. The van der Waals surface area contributed by atoms with Crippen LogP contribution in [0.25, 0.3) is 0 Å². The van der Waals surface area contributed by atoms with Gasteiger partial charge in [0.05, 0.1) is 43.7 Å². The normalized spacial score (nSPS) is 23.0. The van der Waals surface area contributed by atoms with Gasteiger partial charge in [-0.05, 0) is 74.8 Å². The van der Waals surface area contributed by atoms with Crippen molar-refractivity contribution in [2.45, 2.75) is 160 Å². The number of nitrogens with one attached hydrogen (secondary N) is 2. The summed E-state index contributed by atoms with van der Waals surface area (Å²) in [5, 5.41) is 5.95. The van der Waals surface area contributed by atoms with E-state index in [1.54, 1.807) is 35.8 Å². The summed E-state index contributed by atoms with van der Waals surface area (Å²) >= 11 is 0. The first-order valence-electron chi connectivity index (χ1n) is 23.0. The lowest BCUT2D eigenvalue weighted by atomic mass is 9.89. The monoisotopic (exact) mass is 869 g/mol. The molecule has 15 heteroatoms. The first-order valence-corrected chi connectivity index (χ1v) is 23.0. The average Bonchev–Trinajstić information content (AvgIpc) is 4.04. The van der Waals surface area contributed by atoms with Gasteiger partial charge in [-0.3, -0.25) is 24.0 Å². The number of ether oxygens (including phenoxy) is 3. The molecule has 62 heavy (non-hydrogen) atoms. The van der Waals surface area contributed by atoms with Gasteiger partial charge in [-0.15, -0.1) is 0 Å². The number of hydrogen-bond acceptors (Lipinski definition) is 10. The summed E-state index contributed by atoms with van der Waals surface area (Å²) < 4.78 is 17.0. The number of likely N-dealkylation sites (tertiary alicyclic amines) is 2. The van der Waals surface area contributed by atoms with Crippen LogP contribution in [0, 0.1) is 23.7 Å². The number of carbonyl (C=O) groups excluding carboxylic acids is 6. The van der Waals surface area contributed by atoms with E-state index in [1.807, 2.05) is 58.0 Å². The van der Waals surface area contributed by atoms with Gasteiger partial charge in [0.25, 0.3) is 0 Å². The largest absolute Gasteiger partial charge is 0.467 e. The minimum absolute atomic E-state index is 0.0100. The number of benzene rings is 1. The van der Waals surface area contributed by atoms with Gasteiger partial charge in [-0.25, -0.2) is 4.79 Å². The summed E-state index contributed by atoms with van der Waals surface area (Å²) in [6.07, 6.45) is 6.29. The number of fused-ring (bicyclic) bond motifs is 2. The molecule has 1 aliphatic carbocycles. The Bertz CT molecular complexity index is 1650. The highest BCUT2D eigenvalue weighted by Gasteiger charge is 2.52. The number of unbranched alkanes of at least 4 members (excludes halogenated alkanes) is 2. The lowest BCUT2D eigenvalue weighted by molar-refractivity contribution is -0.149. The summed E-state index contributed by atoms with van der Waals surface area (Å²) in [4.78, 5) is 88.3. The average molecular weight is 869 g/mol. The predicted molar refractivity (Wildman–Crippen MR) is 236 cm³/mol. The van der Waals surface area contributed by atoms with E-state index < -0.39 is 54.3 Å². The van der Waals surface area contributed by atoms with Crippen LogP contribution >= 0.6 is 0 Å². The van der Waals surface area contributed by atoms with Crippen molar-refractivity contribution in [2.24, 2.45) is 29.4 Å². The Morgan fingerprint density at radius 2 is 1.61 bits per heavy atom. The number of carbonyl (C=O) groups is 6. The Kier molecular flexibility index (Phi) is 19.7. The smallest absolute Gasteiger partial charge is 0.328 e. The molecule has 0 radical (unpaired) electrons.